The lowest BCUT2D eigenvalue weighted by molar-refractivity contribution is -0.116. The predicted octanol–water partition coefficient (Wildman–Crippen LogP) is 1.98. The highest BCUT2D eigenvalue weighted by atomic mass is 35.5. The number of carbonyl (C=O) groups is 1. The molecule has 0 bridgehead atoms. The maximum absolute atomic E-state index is 11.5. The molecule has 0 radical (unpaired) electrons. The van der Waals surface area contributed by atoms with Gasteiger partial charge in [-0.3, -0.25) is 4.79 Å². The molecule has 94 valence electrons. The van der Waals surface area contributed by atoms with Crippen molar-refractivity contribution in [1.82, 2.24) is 9.97 Å². The van der Waals surface area contributed by atoms with E-state index in [0.717, 1.165) is 25.7 Å². The molecule has 6 heteroatoms. The zero-order chi connectivity index (χ0) is 12.5. The second-order valence-electron chi connectivity index (χ2n) is 3.73. The van der Waals surface area contributed by atoms with Gasteiger partial charge in [0.25, 0.3) is 0 Å². The average molecular weight is 257 g/mol. The number of nitrogens with zero attached hydrogens (tertiary/aromatic N) is 2. The fourth-order valence-corrected chi connectivity index (χ4v) is 1.54. The van der Waals surface area contributed by atoms with E-state index in [1.165, 1.54) is 12.4 Å². The van der Waals surface area contributed by atoms with Crippen LogP contribution < -0.4 is 11.1 Å². The molecule has 0 atom stereocenters. The number of amides is 1. The summed E-state index contributed by atoms with van der Waals surface area (Å²) in [6.07, 6.45) is 5.79. The molecule has 17 heavy (non-hydrogen) atoms. The van der Waals surface area contributed by atoms with E-state index < -0.39 is 0 Å². The number of nitrogens with two attached hydrogens (primary N) is 1. The summed E-state index contributed by atoms with van der Waals surface area (Å²) >= 11 is 5.68. The molecule has 5 nitrogen and oxygen atoms in total. The van der Waals surface area contributed by atoms with Gasteiger partial charge in [0.15, 0.2) is 0 Å². The molecule has 0 aliphatic carbocycles. The van der Waals surface area contributed by atoms with Crippen LogP contribution in [0, 0.1) is 0 Å². The molecule has 1 heterocycles. The Morgan fingerprint density at radius 2 is 2.06 bits per heavy atom. The van der Waals surface area contributed by atoms with Gasteiger partial charge in [0.1, 0.15) is 17.3 Å². The minimum absolute atomic E-state index is 0.0486. The highest BCUT2D eigenvalue weighted by Gasteiger charge is 2.03. The zero-order valence-corrected chi connectivity index (χ0v) is 10.4. The molecule has 3 N–H and O–H groups in total. The van der Waals surface area contributed by atoms with Gasteiger partial charge in [0, 0.05) is 12.5 Å². The Kier molecular flexibility index (Phi) is 6.50. The summed E-state index contributed by atoms with van der Waals surface area (Å²) < 4.78 is 0. The van der Waals surface area contributed by atoms with Crippen molar-refractivity contribution in [3.8, 4) is 0 Å². The van der Waals surface area contributed by atoms with Gasteiger partial charge in [0.05, 0.1) is 0 Å². The molecule has 0 fully saturated rings. The number of hydrogen-bond donors (Lipinski definition) is 2. The Balaban J connectivity index is 2.21. The maximum atomic E-state index is 11.5. The zero-order valence-electron chi connectivity index (χ0n) is 9.66. The Labute approximate surface area is 106 Å². The maximum Gasteiger partial charge on any atom is 0.225 e. The molecular weight excluding hydrogens is 240 g/mol. The minimum atomic E-state index is -0.0486. The summed E-state index contributed by atoms with van der Waals surface area (Å²) in [6, 6.07) is 1.52. The fourth-order valence-electron chi connectivity index (χ4n) is 1.39. The number of anilines is 1. The van der Waals surface area contributed by atoms with Crippen LogP contribution in [0.5, 0.6) is 0 Å². The van der Waals surface area contributed by atoms with E-state index in [4.69, 9.17) is 17.3 Å². The molecule has 0 saturated heterocycles. The van der Waals surface area contributed by atoms with Crippen LogP contribution in [0.2, 0.25) is 5.15 Å². The number of aromatic nitrogens is 2. The highest BCUT2D eigenvalue weighted by molar-refractivity contribution is 6.29. The van der Waals surface area contributed by atoms with Crippen LogP contribution in [-0.2, 0) is 4.79 Å². The van der Waals surface area contributed by atoms with Gasteiger partial charge in [-0.15, -0.1) is 0 Å². The van der Waals surface area contributed by atoms with E-state index >= 15 is 0 Å². The van der Waals surface area contributed by atoms with Crippen LogP contribution in [-0.4, -0.2) is 22.4 Å². The second kappa shape index (κ2) is 7.97. The molecular formula is C11H17ClN4O. The lowest BCUT2D eigenvalue weighted by atomic mass is 10.1. The normalized spacial score (nSPS) is 10.2. The first-order valence-corrected chi connectivity index (χ1v) is 6.07. The largest absolute Gasteiger partial charge is 0.330 e. The first-order valence-electron chi connectivity index (χ1n) is 5.70. The van der Waals surface area contributed by atoms with E-state index in [0.29, 0.717) is 23.9 Å². The minimum Gasteiger partial charge on any atom is -0.330 e. The Morgan fingerprint density at radius 3 is 2.76 bits per heavy atom. The molecule has 0 aliphatic rings. The van der Waals surface area contributed by atoms with Gasteiger partial charge >= 0.3 is 0 Å². The van der Waals surface area contributed by atoms with Crippen molar-refractivity contribution in [2.75, 3.05) is 11.9 Å². The van der Waals surface area contributed by atoms with Gasteiger partial charge in [-0.05, 0) is 19.4 Å². The first-order chi connectivity index (χ1) is 8.22. The number of carbonyl (C=O) groups excluding carboxylic acids is 1. The number of halogens is 1. The Hall–Kier alpha value is -1.20. The van der Waals surface area contributed by atoms with Crippen LogP contribution in [0.3, 0.4) is 0 Å². The summed E-state index contributed by atoms with van der Waals surface area (Å²) in [4.78, 5) is 19.1. The van der Waals surface area contributed by atoms with Gasteiger partial charge in [-0.2, -0.15) is 0 Å². The Bertz CT molecular complexity index is 359. The molecule has 1 aromatic heterocycles. The third-order valence-corrected chi connectivity index (χ3v) is 2.47. The summed E-state index contributed by atoms with van der Waals surface area (Å²) in [5, 5.41) is 2.99. The van der Waals surface area contributed by atoms with Gasteiger partial charge in [0.2, 0.25) is 5.91 Å². The Morgan fingerprint density at radius 1 is 1.29 bits per heavy atom. The van der Waals surface area contributed by atoms with Crippen molar-refractivity contribution in [1.29, 1.82) is 0 Å². The molecule has 0 aromatic carbocycles. The van der Waals surface area contributed by atoms with Crippen molar-refractivity contribution in [3.05, 3.63) is 17.5 Å². The topological polar surface area (TPSA) is 80.9 Å². The van der Waals surface area contributed by atoms with E-state index in [-0.39, 0.29) is 5.91 Å². The number of hydrogen-bond acceptors (Lipinski definition) is 4. The molecule has 0 spiro atoms. The van der Waals surface area contributed by atoms with Crippen LogP contribution in [0.25, 0.3) is 0 Å². The van der Waals surface area contributed by atoms with E-state index in [1.54, 1.807) is 0 Å². The van der Waals surface area contributed by atoms with Crippen molar-refractivity contribution >= 4 is 23.3 Å². The van der Waals surface area contributed by atoms with Crippen LogP contribution >= 0.6 is 11.6 Å². The summed E-state index contributed by atoms with van der Waals surface area (Å²) in [5.74, 6) is 0.393. The summed E-state index contributed by atoms with van der Waals surface area (Å²) in [5.41, 5.74) is 5.38. The average Bonchev–Trinajstić information content (AvgIpc) is 2.29. The van der Waals surface area contributed by atoms with Crippen LogP contribution in [0.1, 0.15) is 32.1 Å². The van der Waals surface area contributed by atoms with Crippen molar-refractivity contribution in [2.24, 2.45) is 5.73 Å². The standard InChI is InChI=1S/C11H17ClN4O/c12-9-7-10(15-8-14-9)16-11(17)5-3-1-2-4-6-13/h7-8H,1-6,13H2,(H,14,15,16,17). The summed E-state index contributed by atoms with van der Waals surface area (Å²) in [6.45, 7) is 0.714. The van der Waals surface area contributed by atoms with Crippen molar-refractivity contribution in [3.63, 3.8) is 0 Å². The smallest absolute Gasteiger partial charge is 0.225 e. The lowest BCUT2D eigenvalue weighted by Crippen LogP contribution is -2.12. The van der Waals surface area contributed by atoms with Gasteiger partial charge in [-0.25, -0.2) is 9.97 Å². The fraction of sp³-hybridized carbons (Fsp3) is 0.545. The number of rotatable bonds is 7. The van der Waals surface area contributed by atoms with Crippen molar-refractivity contribution < 1.29 is 4.79 Å². The van der Waals surface area contributed by atoms with E-state index in [1.807, 2.05) is 0 Å². The third kappa shape index (κ3) is 6.19. The summed E-state index contributed by atoms with van der Waals surface area (Å²) in [7, 11) is 0. The monoisotopic (exact) mass is 256 g/mol. The lowest BCUT2D eigenvalue weighted by Gasteiger charge is -2.04. The van der Waals surface area contributed by atoms with Crippen LogP contribution in [0.4, 0.5) is 5.82 Å². The quantitative estimate of drug-likeness (QED) is 0.577. The third-order valence-electron chi connectivity index (χ3n) is 2.26. The molecule has 1 rings (SSSR count). The first kappa shape index (κ1) is 13.9. The van der Waals surface area contributed by atoms with E-state index in [2.05, 4.69) is 15.3 Å². The molecule has 0 saturated carbocycles. The van der Waals surface area contributed by atoms with Crippen molar-refractivity contribution in [2.45, 2.75) is 32.1 Å². The van der Waals surface area contributed by atoms with Crippen LogP contribution in [0.15, 0.2) is 12.4 Å². The molecule has 0 aliphatic heterocycles. The van der Waals surface area contributed by atoms with Gasteiger partial charge < -0.3 is 11.1 Å². The number of unbranched alkanes of at least 4 members (excludes halogenated alkanes) is 3. The second-order valence-corrected chi connectivity index (χ2v) is 4.11. The van der Waals surface area contributed by atoms with Gasteiger partial charge in [-0.1, -0.05) is 24.4 Å². The number of nitrogens with one attached hydrogen (secondary N) is 1. The molecule has 1 amide bonds. The molecule has 0 unspecified atom stereocenters. The van der Waals surface area contributed by atoms with E-state index in [9.17, 15) is 4.79 Å². The highest BCUT2D eigenvalue weighted by Crippen LogP contribution is 2.09. The SMILES string of the molecule is NCCCCCCC(=O)Nc1cc(Cl)ncn1. The molecule has 1 aromatic rings. The predicted molar refractivity (Wildman–Crippen MR) is 67.8 cm³/mol.